The third-order valence-corrected chi connectivity index (χ3v) is 5.43. The molecule has 6 nitrogen and oxygen atoms in total. The van der Waals surface area contributed by atoms with Crippen LogP contribution in [0, 0.1) is 0 Å². The topological polar surface area (TPSA) is 78.5 Å². The van der Waals surface area contributed by atoms with E-state index in [4.69, 9.17) is 0 Å². The molecule has 0 spiro atoms. The Bertz CT molecular complexity index is 866. The van der Waals surface area contributed by atoms with E-state index in [1.54, 1.807) is 41.3 Å². The number of nitrogens with one attached hydrogen (secondary N) is 2. The molecule has 7 heteroatoms. The first kappa shape index (κ1) is 17.3. The number of sulfonamides is 1. The van der Waals surface area contributed by atoms with Crippen molar-refractivity contribution in [1.29, 1.82) is 0 Å². The summed E-state index contributed by atoms with van der Waals surface area (Å²) < 4.78 is 27.7. The lowest BCUT2D eigenvalue weighted by Crippen LogP contribution is -2.39. The van der Waals surface area contributed by atoms with Crippen molar-refractivity contribution in [2.45, 2.75) is 24.7 Å². The molecule has 2 aromatic carbocycles. The van der Waals surface area contributed by atoms with Crippen LogP contribution in [-0.4, -0.2) is 27.5 Å². The van der Waals surface area contributed by atoms with Crippen LogP contribution in [0.4, 0.5) is 16.2 Å². The fraction of sp³-hybridized carbons (Fsp3) is 0.278. The molecule has 2 aromatic rings. The maximum absolute atomic E-state index is 12.6. The molecule has 2 amide bonds. The third kappa shape index (κ3) is 3.76. The average Bonchev–Trinajstić information content (AvgIpc) is 3.03. The quantitative estimate of drug-likeness (QED) is 0.861. The molecule has 132 valence electrons. The molecule has 0 atom stereocenters. The fourth-order valence-electron chi connectivity index (χ4n) is 2.80. The Morgan fingerprint density at radius 1 is 1.16 bits per heavy atom. The van der Waals surface area contributed by atoms with Gasteiger partial charge in [-0.05, 0) is 48.7 Å². The standard InChI is InChI=1S/C18H21N3O3S/c1-2-11-19-18(22)21-12-10-14-13-16(8-9-17(14)21)25(23,24)20-15-6-4-3-5-7-15/h3-9,13,20H,2,10-12H2,1H3,(H,19,22). The molecule has 1 aliphatic heterocycles. The smallest absolute Gasteiger partial charge is 0.321 e. The lowest BCUT2D eigenvalue weighted by Gasteiger charge is -2.18. The van der Waals surface area contributed by atoms with Crippen LogP contribution in [0.2, 0.25) is 0 Å². The lowest BCUT2D eigenvalue weighted by atomic mass is 10.2. The van der Waals surface area contributed by atoms with Crippen LogP contribution >= 0.6 is 0 Å². The van der Waals surface area contributed by atoms with Crippen LogP contribution in [0.1, 0.15) is 18.9 Å². The molecular weight excluding hydrogens is 338 g/mol. The molecule has 0 aliphatic carbocycles. The van der Waals surface area contributed by atoms with E-state index in [0.29, 0.717) is 25.2 Å². The summed E-state index contributed by atoms with van der Waals surface area (Å²) in [7, 11) is -3.66. The predicted molar refractivity (Wildman–Crippen MR) is 98.4 cm³/mol. The van der Waals surface area contributed by atoms with Gasteiger partial charge >= 0.3 is 6.03 Å². The van der Waals surface area contributed by atoms with Crippen molar-refractivity contribution >= 4 is 27.4 Å². The van der Waals surface area contributed by atoms with E-state index in [0.717, 1.165) is 17.7 Å². The lowest BCUT2D eigenvalue weighted by molar-refractivity contribution is 0.247. The molecule has 25 heavy (non-hydrogen) atoms. The van der Waals surface area contributed by atoms with Gasteiger partial charge < -0.3 is 5.32 Å². The fourth-order valence-corrected chi connectivity index (χ4v) is 3.91. The van der Waals surface area contributed by atoms with E-state index in [2.05, 4.69) is 10.0 Å². The van der Waals surface area contributed by atoms with Gasteiger partial charge in [-0.15, -0.1) is 0 Å². The minimum absolute atomic E-state index is 0.140. The number of amides is 2. The molecule has 3 rings (SSSR count). The Hall–Kier alpha value is -2.54. The zero-order chi connectivity index (χ0) is 17.9. The third-order valence-electron chi connectivity index (χ3n) is 4.05. The Kier molecular flexibility index (Phi) is 4.94. The number of urea groups is 1. The Balaban J connectivity index is 1.81. The van der Waals surface area contributed by atoms with Crippen molar-refractivity contribution in [3.8, 4) is 0 Å². The number of anilines is 2. The van der Waals surface area contributed by atoms with E-state index in [1.165, 1.54) is 6.07 Å². The Morgan fingerprint density at radius 3 is 2.64 bits per heavy atom. The van der Waals surface area contributed by atoms with Gasteiger partial charge in [-0.2, -0.15) is 0 Å². The summed E-state index contributed by atoms with van der Waals surface area (Å²) in [5.74, 6) is 0. The van der Waals surface area contributed by atoms with Gasteiger partial charge in [0.05, 0.1) is 4.90 Å². The number of hydrogen-bond donors (Lipinski definition) is 2. The minimum atomic E-state index is -3.66. The second kappa shape index (κ2) is 7.14. The molecular formula is C18H21N3O3S. The molecule has 1 heterocycles. The molecule has 0 saturated carbocycles. The average molecular weight is 359 g/mol. The first-order chi connectivity index (χ1) is 12.0. The van der Waals surface area contributed by atoms with Gasteiger partial charge in [0.25, 0.3) is 10.0 Å². The van der Waals surface area contributed by atoms with Crippen LogP contribution in [0.5, 0.6) is 0 Å². The van der Waals surface area contributed by atoms with Gasteiger partial charge in [-0.3, -0.25) is 9.62 Å². The van der Waals surface area contributed by atoms with Crippen molar-refractivity contribution in [2.75, 3.05) is 22.7 Å². The predicted octanol–water partition coefficient (Wildman–Crippen LogP) is 2.97. The molecule has 0 radical (unpaired) electrons. The van der Waals surface area contributed by atoms with Crippen LogP contribution in [0.3, 0.4) is 0 Å². The number of carbonyl (C=O) groups is 1. The molecule has 1 aliphatic rings. The van der Waals surface area contributed by atoms with Gasteiger partial charge in [-0.25, -0.2) is 13.2 Å². The van der Waals surface area contributed by atoms with Crippen molar-refractivity contribution in [3.63, 3.8) is 0 Å². The van der Waals surface area contributed by atoms with Crippen molar-refractivity contribution in [3.05, 3.63) is 54.1 Å². The minimum Gasteiger partial charge on any atom is -0.338 e. The molecule has 0 aromatic heterocycles. The van der Waals surface area contributed by atoms with Gasteiger partial charge in [0.1, 0.15) is 0 Å². The zero-order valence-electron chi connectivity index (χ0n) is 14.0. The zero-order valence-corrected chi connectivity index (χ0v) is 14.8. The molecule has 0 unspecified atom stereocenters. The van der Waals surface area contributed by atoms with Gasteiger partial charge in [0.15, 0.2) is 0 Å². The molecule has 0 saturated heterocycles. The number of fused-ring (bicyclic) bond motifs is 1. The second-order valence-electron chi connectivity index (χ2n) is 5.90. The summed E-state index contributed by atoms with van der Waals surface area (Å²) in [6, 6.07) is 13.5. The molecule has 0 bridgehead atoms. The van der Waals surface area contributed by atoms with Crippen LogP contribution in [0.15, 0.2) is 53.4 Å². The summed E-state index contributed by atoms with van der Waals surface area (Å²) in [4.78, 5) is 14.0. The van der Waals surface area contributed by atoms with Crippen molar-refractivity contribution in [2.24, 2.45) is 0 Å². The highest BCUT2D eigenvalue weighted by Gasteiger charge is 2.26. The maximum atomic E-state index is 12.6. The second-order valence-corrected chi connectivity index (χ2v) is 7.58. The van der Waals surface area contributed by atoms with Crippen molar-refractivity contribution in [1.82, 2.24) is 5.32 Å². The van der Waals surface area contributed by atoms with Crippen LogP contribution in [-0.2, 0) is 16.4 Å². The number of carbonyl (C=O) groups excluding carboxylic acids is 1. The van der Waals surface area contributed by atoms with Gasteiger partial charge in [-0.1, -0.05) is 25.1 Å². The van der Waals surface area contributed by atoms with E-state index in [1.807, 2.05) is 13.0 Å². The SMILES string of the molecule is CCCNC(=O)N1CCc2cc(S(=O)(=O)Nc3ccccc3)ccc21. The summed E-state index contributed by atoms with van der Waals surface area (Å²) in [5.41, 5.74) is 2.15. The van der Waals surface area contributed by atoms with Gasteiger partial charge in [0, 0.05) is 24.5 Å². The monoisotopic (exact) mass is 359 g/mol. The van der Waals surface area contributed by atoms with E-state index in [9.17, 15) is 13.2 Å². The number of para-hydroxylation sites is 1. The Morgan fingerprint density at radius 2 is 1.92 bits per heavy atom. The number of nitrogens with zero attached hydrogens (tertiary/aromatic N) is 1. The highest BCUT2D eigenvalue weighted by atomic mass is 32.2. The Labute approximate surface area is 147 Å². The number of hydrogen-bond acceptors (Lipinski definition) is 3. The summed E-state index contributed by atoms with van der Waals surface area (Å²) in [6.45, 7) is 3.17. The van der Waals surface area contributed by atoms with E-state index >= 15 is 0 Å². The molecule has 2 N–H and O–H groups in total. The normalized spacial score (nSPS) is 13.4. The first-order valence-corrected chi connectivity index (χ1v) is 9.76. The van der Waals surface area contributed by atoms with Crippen LogP contribution < -0.4 is 14.9 Å². The van der Waals surface area contributed by atoms with E-state index in [-0.39, 0.29) is 10.9 Å². The number of benzene rings is 2. The summed E-state index contributed by atoms with van der Waals surface area (Å²) in [5, 5.41) is 2.85. The van der Waals surface area contributed by atoms with E-state index < -0.39 is 10.0 Å². The molecule has 0 fully saturated rings. The first-order valence-electron chi connectivity index (χ1n) is 8.27. The number of rotatable bonds is 5. The highest BCUT2D eigenvalue weighted by Crippen LogP contribution is 2.30. The van der Waals surface area contributed by atoms with Crippen LogP contribution in [0.25, 0.3) is 0 Å². The summed E-state index contributed by atoms with van der Waals surface area (Å²) >= 11 is 0. The van der Waals surface area contributed by atoms with Gasteiger partial charge in [0.2, 0.25) is 0 Å². The maximum Gasteiger partial charge on any atom is 0.321 e. The largest absolute Gasteiger partial charge is 0.338 e. The highest BCUT2D eigenvalue weighted by molar-refractivity contribution is 7.92. The summed E-state index contributed by atoms with van der Waals surface area (Å²) in [6.07, 6.45) is 1.51. The van der Waals surface area contributed by atoms with Crippen molar-refractivity contribution < 1.29 is 13.2 Å².